The summed E-state index contributed by atoms with van der Waals surface area (Å²) in [6.07, 6.45) is -8.27. The summed E-state index contributed by atoms with van der Waals surface area (Å²) in [6, 6.07) is -5.11. The number of cyclic esters (lactones) is 1. The van der Waals surface area contributed by atoms with Gasteiger partial charge in [-0.15, -0.1) is 0 Å². The normalized spacial score (nSPS) is 34.1. The lowest BCUT2D eigenvalue weighted by Gasteiger charge is -2.09. The minimum Gasteiger partial charge on any atom is -0.447 e. The van der Waals surface area contributed by atoms with Crippen LogP contribution in [-0.4, -0.2) is 49.1 Å². The molecule has 5 nitrogen and oxygen atoms in total. The number of aryl methyl sites for hydroxylation is 1. The second-order valence-electron chi connectivity index (χ2n) is 4.23. The first-order valence-electron chi connectivity index (χ1n) is 12.9. The molecule has 0 bridgehead atoms. The SMILES string of the molecule is [2H]c1[nH]c2c([2H])c([2H])c(C([2H])([2H])[C@@]3([2H])COC(=O)N3)c([2H])c2c1C([2H])([2H])C([2H])([2H])N(C)C([2H])([2H])[2H]. The van der Waals surface area contributed by atoms with Crippen LogP contribution in [0.5, 0.6) is 0 Å². The van der Waals surface area contributed by atoms with E-state index in [1.165, 1.54) is 0 Å². The number of nitrogens with zero attached hydrogens (tertiary/aromatic N) is 1. The maximum absolute atomic E-state index is 11.5. The molecular weight excluding hydrogens is 266 g/mol. The fraction of sp³-hybridized carbons (Fsp3) is 0.438. The Bertz CT molecular complexity index is 1210. The van der Waals surface area contributed by atoms with Gasteiger partial charge in [-0.25, -0.2) is 4.79 Å². The Morgan fingerprint density at radius 3 is 3.33 bits per heavy atom. The smallest absolute Gasteiger partial charge is 0.407 e. The molecule has 2 heterocycles. The number of fused-ring (bicyclic) bond motifs is 1. The molecule has 0 saturated carbocycles. The standard InChI is InChI=1S/C16H21N3O2/c1-19(2)6-5-12-9-17-15-4-3-11(8-14(12)15)7-13-10-21-16(20)18-13/h3-4,8-9,13,17H,5-7,10H2,1-2H3,(H,18,20)/t13-/m0/s1/i1D3,3D,4D,5D2,6D2,7D2,8D,9D,13D. The molecule has 0 radical (unpaired) electrons. The Balaban J connectivity index is 2.38. The molecule has 1 aliphatic heterocycles. The number of aromatic amines is 1. The van der Waals surface area contributed by atoms with Crippen molar-refractivity contribution in [1.29, 1.82) is 0 Å². The molecule has 21 heavy (non-hydrogen) atoms. The minimum absolute atomic E-state index is 0.132. The summed E-state index contributed by atoms with van der Waals surface area (Å²) in [4.78, 5) is 13.9. The van der Waals surface area contributed by atoms with Gasteiger partial charge in [-0.2, -0.15) is 0 Å². The van der Waals surface area contributed by atoms with Crippen LogP contribution in [0.4, 0.5) is 4.79 Å². The molecule has 1 amide bonds. The fourth-order valence-corrected chi connectivity index (χ4v) is 1.72. The Morgan fingerprint density at radius 1 is 1.67 bits per heavy atom. The molecule has 1 aromatic carbocycles. The van der Waals surface area contributed by atoms with Crippen LogP contribution in [0.3, 0.4) is 0 Å². The van der Waals surface area contributed by atoms with Gasteiger partial charge in [-0.05, 0) is 50.0 Å². The molecule has 1 atom stereocenters. The summed E-state index contributed by atoms with van der Waals surface area (Å²) < 4.78 is 119. The van der Waals surface area contributed by atoms with E-state index in [0.717, 1.165) is 7.05 Å². The molecule has 3 rings (SSSR count). The number of H-pyrrole nitrogens is 1. The van der Waals surface area contributed by atoms with Crippen LogP contribution < -0.4 is 5.32 Å². The Labute approximate surface area is 143 Å². The number of rotatable bonds is 5. The van der Waals surface area contributed by atoms with Crippen molar-refractivity contribution >= 4 is 17.0 Å². The molecule has 2 N–H and O–H groups in total. The lowest BCUT2D eigenvalue weighted by molar-refractivity contribution is 0.177. The van der Waals surface area contributed by atoms with Crippen LogP contribution in [0, 0.1) is 0 Å². The Kier molecular flexibility index (Phi) is 1.38. The molecule has 1 saturated heterocycles. The van der Waals surface area contributed by atoms with Crippen molar-refractivity contribution in [2.75, 3.05) is 27.1 Å². The van der Waals surface area contributed by atoms with E-state index in [2.05, 4.69) is 9.72 Å². The Hall–Kier alpha value is -2.01. The van der Waals surface area contributed by atoms with Crippen molar-refractivity contribution in [2.45, 2.75) is 18.8 Å². The third-order valence-electron chi connectivity index (χ3n) is 2.60. The topological polar surface area (TPSA) is 57.4 Å². The van der Waals surface area contributed by atoms with Crippen molar-refractivity contribution in [3.05, 3.63) is 35.4 Å². The molecule has 0 aliphatic carbocycles. The third-order valence-corrected chi connectivity index (χ3v) is 2.60. The van der Waals surface area contributed by atoms with Crippen molar-refractivity contribution in [2.24, 2.45) is 0 Å². The summed E-state index contributed by atoms with van der Waals surface area (Å²) >= 11 is 0. The number of nitrogens with one attached hydrogen (secondary N) is 2. The summed E-state index contributed by atoms with van der Waals surface area (Å²) in [6.45, 7) is -7.19. The van der Waals surface area contributed by atoms with Gasteiger partial charge < -0.3 is 19.9 Å². The number of carbonyl (C=O) groups excluding carboxylic acids is 1. The number of carbonyl (C=O) groups is 1. The van der Waals surface area contributed by atoms with E-state index in [4.69, 9.17) is 19.2 Å². The van der Waals surface area contributed by atoms with Gasteiger partial charge in [-0.3, -0.25) is 0 Å². The predicted octanol–water partition coefficient (Wildman–Crippen LogP) is 1.92. The van der Waals surface area contributed by atoms with Gasteiger partial charge in [0.2, 0.25) is 0 Å². The molecule has 1 aromatic heterocycles. The van der Waals surface area contributed by atoms with E-state index in [0.29, 0.717) is 0 Å². The molecule has 2 aromatic rings. The number of aromatic nitrogens is 1. The van der Waals surface area contributed by atoms with Gasteiger partial charge in [0, 0.05) is 35.9 Å². The largest absolute Gasteiger partial charge is 0.447 e. The highest BCUT2D eigenvalue weighted by molar-refractivity contribution is 5.84. The van der Waals surface area contributed by atoms with Gasteiger partial charge in [0.05, 0.1) is 12.9 Å². The molecule has 1 fully saturated rings. The number of benzene rings is 1. The second kappa shape index (κ2) is 5.77. The summed E-state index contributed by atoms with van der Waals surface area (Å²) in [5.74, 6) is 0. The zero-order chi connectivity index (χ0) is 27.1. The molecular formula is C16H21N3O2. The number of likely N-dealkylation sites (N-methyl/N-ethyl adjacent to an activating group) is 1. The second-order valence-corrected chi connectivity index (χ2v) is 4.23. The first kappa shape index (κ1) is 5.02. The highest BCUT2D eigenvalue weighted by Gasteiger charge is 2.22. The average Bonchev–Trinajstić information content (AvgIpc) is 3.25. The monoisotopic (exact) mass is 301 g/mol. The van der Waals surface area contributed by atoms with Gasteiger partial charge >= 0.3 is 6.09 Å². The quantitative estimate of drug-likeness (QED) is 0.887. The van der Waals surface area contributed by atoms with E-state index in [9.17, 15) is 4.79 Å². The summed E-state index contributed by atoms with van der Waals surface area (Å²) in [5.41, 5.74) is -2.20. The van der Waals surface area contributed by atoms with Crippen molar-refractivity contribution in [1.82, 2.24) is 15.2 Å². The van der Waals surface area contributed by atoms with E-state index < -0.39 is 91.3 Å². The zero-order valence-corrected chi connectivity index (χ0v) is 11.0. The molecule has 112 valence electrons. The predicted molar refractivity (Wildman–Crippen MR) is 82.5 cm³/mol. The number of hydrogen-bond acceptors (Lipinski definition) is 3. The number of amides is 1. The highest BCUT2D eigenvalue weighted by atomic mass is 16.6. The van der Waals surface area contributed by atoms with Gasteiger partial charge in [0.15, 0.2) is 0 Å². The van der Waals surface area contributed by atoms with Crippen LogP contribution in [0.1, 0.15) is 30.3 Å². The molecule has 5 heteroatoms. The van der Waals surface area contributed by atoms with Crippen LogP contribution >= 0.6 is 0 Å². The molecule has 0 unspecified atom stereocenters. The van der Waals surface area contributed by atoms with Crippen LogP contribution in [0.15, 0.2) is 24.3 Å². The van der Waals surface area contributed by atoms with Crippen molar-refractivity contribution in [3.8, 4) is 0 Å². The maximum atomic E-state index is 11.5. The lowest BCUT2D eigenvalue weighted by atomic mass is 10.0. The number of alkyl carbamates (subject to hydrolysis) is 1. The van der Waals surface area contributed by atoms with Gasteiger partial charge in [-0.1, -0.05) is 6.04 Å². The van der Waals surface area contributed by atoms with E-state index in [1.807, 2.05) is 5.32 Å². The van der Waals surface area contributed by atoms with Crippen molar-refractivity contribution < 1.29 is 28.7 Å². The summed E-state index contributed by atoms with van der Waals surface area (Å²) in [7, 11) is 0.805. The fourth-order valence-electron chi connectivity index (χ4n) is 1.72. The lowest BCUT2D eigenvalue weighted by Crippen LogP contribution is -2.28. The van der Waals surface area contributed by atoms with Crippen LogP contribution in [0.25, 0.3) is 10.9 Å². The highest BCUT2D eigenvalue weighted by Crippen LogP contribution is 2.21. The molecule has 0 spiro atoms. The van der Waals surface area contributed by atoms with Crippen LogP contribution in [0.2, 0.25) is 0 Å². The average molecular weight is 301 g/mol. The van der Waals surface area contributed by atoms with E-state index in [-0.39, 0.29) is 4.90 Å². The number of hydrogen-bond donors (Lipinski definition) is 2. The first-order valence-corrected chi connectivity index (χ1v) is 5.94. The van der Waals surface area contributed by atoms with Crippen LogP contribution in [-0.2, 0) is 17.5 Å². The van der Waals surface area contributed by atoms with E-state index in [1.54, 1.807) is 0 Å². The van der Waals surface area contributed by atoms with Gasteiger partial charge in [0.1, 0.15) is 6.61 Å². The minimum atomic E-state index is -3.30. The summed E-state index contributed by atoms with van der Waals surface area (Å²) in [5, 5.41) is 1.32. The van der Waals surface area contributed by atoms with Gasteiger partial charge in [0.25, 0.3) is 0 Å². The first-order chi connectivity index (χ1) is 15.6. The van der Waals surface area contributed by atoms with E-state index >= 15 is 0 Å². The zero-order valence-electron chi connectivity index (χ0n) is 25.0. The Morgan fingerprint density at radius 2 is 2.57 bits per heavy atom. The van der Waals surface area contributed by atoms with Crippen molar-refractivity contribution in [3.63, 3.8) is 0 Å². The maximum Gasteiger partial charge on any atom is 0.407 e. The number of ether oxygens (including phenoxy) is 1. The molecule has 1 aliphatic rings. The third kappa shape index (κ3) is 3.19.